The predicted octanol–water partition coefficient (Wildman–Crippen LogP) is 3.01. The van der Waals surface area contributed by atoms with E-state index in [1.165, 1.54) is 14.0 Å². The number of hydrogen-bond acceptors (Lipinski definition) is 5. The molecule has 1 saturated carbocycles. The molecule has 0 unspecified atom stereocenters. The third-order valence-corrected chi connectivity index (χ3v) is 6.70. The number of fused-ring (bicyclic) bond motifs is 3. The van der Waals surface area contributed by atoms with E-state index in [0.717, 1.165) is 22.3 Å². The number of alkyl carbamates (subject to hydrolysis) is 1. The standard InChI is InChI=1S/C25H26F2N2O6/c1-13(34-2)21(23(31)32)29-22(30)20-19(25(20,26)27)11-28-24(33)35-12-18-16-9-5-3-7-14(16)15-8-4-6-10-17(15)18/h3-10,13,18-21H,11-12H2,1-2H3,(H,28,33)(H,29,30)(H,31,32)/t13-,19+,20+,21+/m1/s1. The highest BCUT2D eigenvalue weighted by Gasteiger charge is 2.71. The molecule has 0 radical (unpaired) electrons. The van der Waals surface area contributed by atoms with Crippen molar-refractivity contribution in [1.29, 1.82) is 0 Å². The predicted molar refractivity (Wildman–Crippen MR) is 121 cm³/mol. The van der Waals surface area contributed by atoms with E-state index >= 15 is 0 Å². The number of carbonyl (C=O) groups excluding carboxylic acids is 2. The normalized spacial score (nSPS) is 21.3. The molecule has 0 saturated heterocycles. The fourth-order valence-corrected chi connectivity index (χ4v) is 4.60. The van der Waals surface area contributed by atoms with Crippen LogP contribution in [0.2, 0.25) is 0 Å². The molecule has 8 nitrogen and oxygen atoms in total. The number of nitrogens with one attached hydrogen (secondary N) is 2. The van der Waals surface area contributed by atoms with Crippen LogP contribution in [-0.4, -0.2) is 61.4 Å². The third kappa shape index (κ3) is 4.70. The van der Waals surface area contributed by atoms with Crippen molar-refractivity contribution in [3.8, 4) is 11.1 Å². The number of carboxylic acid groups (broad SMARTS) is 1. The van der Waals surface area contributed by atoms with Gasteiger partial charge in [0.05, 0.1) is 12.0 Å². The van der Waals surface area contributed by atoms with Crippen LogP contribution in [0.5, 0.6) is 0 Å². The Morgan fingerprint density at radius 2 is 1.63 bits per heavy atom. The van der Waals surface area contributed by atoms with Gasteiger partial charge in [0.1, 0.15) is 12.5 Å². The van der Waals surface area contributed by atoms with Gasteiger partial charge in [-0.05, 0) is 29.2 Å². The zero-order valence-corrected chi connectivity index (χ0v) is 19.2. The highest BCUT2D eigenvalue weighted by molar-refractivity contribution is 5.88. The number of methoxy groups -OCH3 is 1. The highest BCUT2D eigenvalue weighted by Crippen LogP contribution is 2.55. The van der Waals surface area contributed by atoms with Crippen LogP contribution in [0.15, 0.2) is 48.5 Å². The van der Waals surface area contributed by atoms with Crippen molar-refractivity contribution in [2.24, 2.45) is 11.8 Å². The van der Waals surface area contributed by atoms with Gasteiger partial charge in [0.15, 0.2) is 6.04 Å². The molecule has 186 valence electrons. The molecule has 2 amide bonds. The van der Waals surface area contributed by atoms with Crippen LogP contribution in [0, 0.1) is 11.8 Å². The largest absolute Gasteiger partial charge is 0.480 e. The summed E-state index contributed by atoms with van der Waals surface area (Å²) in [5.41, 5.74) is 4.16. The Morgan fingerprint density at radius 1 is 1.06 bits per heavy atom. The molecular weight excluding hydrogens is 462 g/mol. The van der Waals surface area contributed by atoms with Crippen LogP contribution in [0.1, 0.15) is 24.0 Å². The van der Waals surface area contributed by atoms with Gasteiger partial charge >= 0.3 is 12.1 Å². The smallest absolute Gasteiger partial charge is 0.407 e. The number of ether oxygens (including phenoxy) is 2. The molecular formula is C25H26F2N2O6. The van der Waals surface area contributed by atoms with Crippen LogP contribution < -0.4 is 10.6 Å². The summed E-state index contributed by atoms with van der Waals surface area (Å²) in [6.45, 7) is 0.944. The van der Waals surface area contributed by atoms with Crippen molar-refractivity contribution >= 4 is 18.0 Å². The molecule has 0 aliphatic heterocycles. The quantitative estimate of drug-likeness (QED) is 0.500. The molecule has 1 fully saturated rings. The van der Waals surface area contributed by atoms with E-state index < -0.39 is 54.4 Å². The lowest BCUT2D eigenvalue weighted by Crippen LogP contribution is -2.49. The summed E-state index contributed by atoms with van der Waals surface area (Å²) in [7, 11) is 1.25. The van der Waals surface area contributed by atoms with E-state index in [-0.39, 0.29) is 12.5 Å². The fraction of sp³-hybridized carbons (Fsp3) is 0.400. The van der Waals surface area contributed by atoms with E-state index in [2.05, 4.69) is 10.6 Å². The maximum atomic E-state index is 14.2. The molecule has 0 spiro atoms. The lowest BCUT2D eigenvalue weighted by Gasteiger charge is -2.20. The van der Waals surface area contributed by atoms with E-state index in [0.29, 0.717) is 0 Å². The Balaban J connectivity index is 1.32. The molecule has 2 aromatic rings. The Morgan fingerprint density at radius 3 is 2.17 bits per heavy atom. The van der Waals surface area contributed by atoms with Crippen molar-refractivity contribution in [3.63, 3.8) is 0 Å². The van der Waals surface area contributed by atoms with Gasteiger partial charge < -0.3 is 25.2 Å². The van der Waals surface area contributed by atoms with Crippen molar-refractivity contribution in [3.05, 3.63) is 59.7 Å². The fourth-order valence-electron chi connectivity index (χ4n) is 4.60. The van der Waals surface area contributed by atoms with E-state index in [4.69, 9.17) is 9.47 Å². The number of halogens is 2. The molecule has 4 atom stereocenters. The van der Waals surface area contributed by atoms with Crippen molar-refractivity contribution in [2.45, 2.75) is 30.9 Å². The molecule has 0 bridgehead atoms. The van der Waals surface area contributed by atoms with Crippen molar-refractivity contribution in [1.82, 2.24) is 10.6 Å². The summed E-state index contributed by atoms with van der Waals surface area (Å²) in [5, 5.41) is 13.6. The lowest BCUT2D eigenvalue weighted by atomic mass is 9.98. The first-order chi connectivity index (χ1) is 16.7. The zero-order valence-electron chi connectivity index (χ0n) is 19.2. The first-order valence-electron chi connectivity index (χ1n) is 11.2. The minimum Gasteiger partial charge on any atom is -0.480 e. The minimum absolute atomic E-state index is 0.0278. The number of amides is 2. The van der Waals surface area contributed by atoms with Gasteiger partial charge in [0.2, 0.25) is 5.91 Å². The molecule has 10 heteroatoms. The summed E-state index contributed by atoms with van der Waals surface area (Å²) in [6, 6.07) is 14.1. The average molecular weight is 488 g/mol. The summed E-state index contributed by atoms with van der Waals surface area (Å²) in [6.07, 6.45) is -1.79. The number of carboxylic acids is 1. The highest BCUT2D eigenvalue weighted by atomic mass is 19.3. The topological polar surface area (TPSA) is 114 Å². The molecule has 2 aromatic carbocycles. The lowest BCUT2D eigenvalue weighted by molar-refractivity contribution is -0.146. The van der Waals surface area contributed by atoms with Gasteiger partial charge in [-0.25, -0.2) is 18.4 Å². The maximum absolute atomic E-state index is 14.2. The number of rotatable bonds is 9. The number of alkyl halides is 2. The number of hydrogen-bond donors (Lipinski definition) is 3. The second kappa shape index (κ2) is 9.61. The second-order valence-corrected chi connectivity index (χ2v) is 8.73. The van der Waals surface area contributed by atoms with Crippen molar-refractivity contribution in [2.75, 3.05) is 20.3 Å². The maximum Gasteiger partial charge on any atom is 0.407 e. The van der Waals surface area contributed by atoms with E-state index in [1.807, 2.05) is 48.5 Å². The SMILES string of the molecule is CO[C@H](C)[C@H](NC(=O)[C@@H]1[C@H](CNC(=O)OCC2c3ccccc3-c3ccccc32)C1(F)F)C(=O)O. The Labute approximate surface area is 200 Å². The van der Waals surface area contributed by atoms with Gasteiger partial charge in [-0.1, -0.05) is 48.5 Å². The number of benzene rings is 2. The molecule has 0 heterocycles. The van der Waals surface area contributed by atoms with Crippen LogP contribution >= 0.6 is 0 Å². The van der Waals surface area contributed by atoms with Crippen LogP contribution in [0.4, 0.5) is 13.6 Å². The summed E-state index contributed by atoms with van der Waals surface area (Å²) < 4.78 is 38.7. The summed E-state index contributed by atoms with van der Waals surface area (Å²) >= 11 is 0. The number of aliphatic carboxylic acids is 1. The molecule has 2 aliphatic rings. The first-order valence-corrected chi connectivity index (χ1v) is 11.2. The molecule has 2 aliphatic carbocycles. The molecule has 0 aromatic heterocycles. The Bertz CT molecular complexity index is 1090. The Kier molecular flexibility index (Phi) is 6.75. The summed E-state index contributed by atoms with van der Waals surface area (Å²) in [5.74, 6) is -9.27. The van der Waals surface area contributed by atoms with Gasteiger partial charge in [-0.3, -0.25) is 4.79 Å². The monoisotopic (exact) mass is 488 g/mol. The first kappa shape index (κ1) is 24.6. The third-order valence-electron chi connectivity index (χ3n) is 6.70. The zero-order chi connectivity index (χ0) is 25.3. The van der Waals surface area contributed by atoms with Crippen molar-refractivity contribution < 1.29 is 37.7 Å². The van der Waals surface area contributed by atoms with E-state index in [1.54, 1.807) is 0 Å². The van der Waals surface area contributed by atoms with Crippen LogP contribution in [-0.2, 0) is 19.1 Å². The Hall–Kier alpha value is -3.53. The van der Waals surface area contributed by atoms with Gasteiger partial charge in [-0.2, -0.15) is 0 Å². The van der Waals surface area contributed by atoms with Gasteiger partial charge in [0, 0.05) is 19.6 Å². The second-order valence-electron chi connectivity index (χ2n) is 8.73. The minimum atomic E-state index is -3.37. The van der Waals surface area contributed by atoms with Crippen LogP contribution in [0.25, 0.3) is 11.1 Å². The van der Waals surface area contributed by atoms with Crippen LogP contribution in [0.3, 0.4) is 0 Å². The molecule has 3 N–H and O–H groups in total. The average Bonchev–Trinajstić information content (AvgIpc) is 3.25. The molecule has 4 rings (SSSR count). The molecule has 35 heavy (non-hydrogen) atoms. The number of carbonyl (C=O) groups is 3. The van der Waals surface area contributed by atoms with Gasteiger partial charge in [-0.15, -0.1) is 0 Å². The summed E-state index contributed by atoms with van der Waals surface area (Å²) in [4.78, 5) is 35.9. The van der Waals surface area contributed by atoms with E-state index in [9.17, 15) is 28.3 Å². The van der Waals surface area contributed by atoms with Gasteiger partial charge in [0.25, 0.3) is 5.92 Å².